The first-order valence-corrected chi connectivity index (χ1v) is 7.39. The molecule has 1 N–H and O–H groups in total. The fraction of sp³-hybridized carbons (Fsp3) is 0.600. The van der Waals surface area contributed by atoms with Gasteiger partial charge in [-0.2, -0.15) is 0 Å². The summed E-state index contributed by atoms with van der Waals surface area (Å²) in [5.41, 5.74) is 1.31. The first-order chi connectivity index (χ1) is 9.69. The summed E-state index contributed by atoms with van der Waals surface area (Å²) < 4.78 is 0. The van der Waals surface area contributed by atoms with Gasteiger partial charge in [0, 0.05) is 35.9 Å². The van der Waals surface area contributed by atoms with E-state index in [-0.39, 0.29) is 10.6 Å². The van der Waals surface area contributed by atoms with E-state index in [0.29, 0.717) is 18.1 Å². The maximum Gasteiger partial charge on any atom is 0.269 e. The number of hydrogen-bond acceptors (Lipinski definition) is 4. The largest absolute Gasteiger partial charge is 0.365 e. The molecule has 2 fully saturated rings. The van der Waals surface area contributed by atoms with Gasteiger partial charge in [-0.3, -0.25) is 10.1 Å². The highest BCUT2D eigenvalue weighted by Crippen LogP contribution is 2.38. The second kappa shape index (κ2) is 5.40. The zero-order valence-corrected chi connectivity index (χ0v) is 11.8. The van der Waals surface area contributed by atoms with E-state index in [0.717, 1.165) is 5.69 Å². The highest BCUT2D eigenvalue weighted by atomic mass is 16.6. The molecule has 0 amide bonds. The molecule has 0 radical (unpaired) electrons. The van der Waals surface area contributed by atoms with Gasteiger partial charge >= 0.3 is 0 Å². The zero-order chi connectivity index (χ0) is 14.1. The average Bonchev–Trinajstić information content (AvgIpc) is 2.46. The molecule has 0 saturated carbocycles. The third-order valence-corrected chi connectivity index (χ3v) is 4.74. The van der Waals surface area contributed by atoms with Gasteiger partial charge in [-0.1, -0.05) is 0 Å². The second-order valence-electron chi connectivity index (χ2n) is 5.88. The van der Waals surface area contributed by atoms with Crippen molar-refractivity contribution in [1.29, 1.82) is 0 Å². The van der Waals surface area contributed by atoms with Gasteiger partial charge in [0.25, 0.3) is 5.69 Å². The van der Waals surface area contributed by atoms with Crippen LogP contribution in [-0.2, 0) is 0 Å². The number of nitro benzene ring substituents is 1. The van der Waals surface area contributed by atoms with E-state index in [9.17, 15) is 10.1 Å². The Kier molecular flexibility index (Phi) is 3.61. The van der Waals surface area contributed by atoms with Crippen molar-refractivity contribution in [2.24, 2.45) is 0 Å². The molecule has 5 nitrogen and oxygen atoms in total. The van der Waals surface area contributed by atoms with Gasteiger partial charge < -0.3 is 10.2 Å². The van der Waals surface area contributed by atoms with Crippen molar-refractivity contribution in [2.75, 3.05) is 11.9 Å². The molecule has 5 heteroatoms. The van der Waals surface area contributed by atoms with Crippen LogP contribution in [0.4, 0.5) is 11.4 Å². The number of hydrogen-bond donors (Lipinski definition) is 1. The van der Waals surface area contributed by atoms with Gasteiger partial charge in [0.05, 0.1) is 4.92 Å². The monoisotopic (exact) mass is 275 g/mol. The quantitative estimate of drug-likeness (QED) is 0.680. The Bertz CT molecular complexity index is 474. The Hall–Kier alpha value is -1.62. The second-order valence-corrected chi connectivity index (χ2v) is 5.88. The molecule has 2 bridgehead atoms. The molecule has 1 aromatic rings. The van der Waals surface area contributed by atoms with Crippen LogP contribution in [-0.4, -0.2) is 30.1 Å². The van der Waals surface area contributed by atoms with Crippen molar-refractivity contribution in [1.82, 2.24) is 5.32 Å². The maximum atomic E-state index is 10.8. The zero-order valence-electron chi connectivity index (χ0n) is 11.8. The summed E-state index contributed by atoms with van der Waals surface area (Å²) in [6.45, 7) is 0. The van der Waals surface area contributed by atoms with E-state index in [4.69, 9.17) is 0 Å². The summed E-state index contributed by atoms with van der Waals surface area (Å²) in [5, 5.41) is 14.2. The van der Waals surface area contributed by atoms with Gasteiger partial charge in [-0.25, -0.2) is 0 Å². The van der Waals surface area contributed by atoms with Gasteiger partial charge in [0.1, 0.15) is 0 Å². The summed E-state index contributed by atoms with van der Waals surface area (Å²) in [5.74, 6) is 0. The van der Waals surface area contributed by atoms with Gasteiger partial charge in [-0.05, 0) is 51.3 Å². The van der Waals surface area contributed by atoms with Crippen LogP contribution in [0.5, 0.6) is 0 Å². The molecule has 0 aliphatic carbocycles. The maximum absolute atomic E-state index is 10.8. The van der Waals surface area contributed by atoms with Crippen molar-refractivity contribution in [3.63, 3.8) is 0 Å². The molecule has 3 rings (SSSR count). The first-order valence-electron chi connectivity index (χ1n) is 7.39. The highest BCUT2D eigenvalue weighted by molar-refractivity contribution is 5.53. The van der Waals surface area contributed by atoms with Crippen LogP contribution in [0.25, 0.3) is 0 Å². The number of piperidine rings is 2. The summed E-state index contributed by atoms with van der Waals surface area (Å²) in [6, 6.07) is 8.80. The molecule has 2 aliphatic rings. The lowest BCUT2D eigenvalue weighted by atomic mass is 9.81. The molecule has 108 valence electrons. The Morgan fingerprint density at radius 1 is 1.20 bits per heavy atom. The first kappa shape index (κ1) is 13.4. The van der Waals surface area contributed by atoms with Crippen LogP contribution < -0.4 is 10.2 Å². The molecule has 2 atom stereocenters. The fourth-order valence-corrected chi connectivity index (χ4v) is 3.79. The number of non-ortho nitro benzene ring substituents is 1. The topological polar surface area (TPSA) is 58.4 Å². The molecular formula is C15H21N3O2. The number of nitrogens with one attached hydrogen (secondary N) is 1. The number of nitrogens with zero attached hydrogens (tertiary/aromatic N) is 2. The lowest BCUT2D eigenvalue weighted by Crippen LogP contribution is -2.56. The molecule has 20 heavy (non-hydrogen) atoms. The molecule has 2 unspecified atom stereocenters. The SMILES string of the molecule is CNC1CC2CCCC(C1)N2c1ccc([N+](=O)[O-])cc1. The van der Waals surface area contributed by atoms with E-state index in [2.05, 4.69) is 10.2 Å². The van der Waals surface area contributed by atoms with Crippen LogP contribution in [0, 0.1) is 10.1 Å². The lowest BCUT2D eigenvalue weighted by Gasteiger charge is -2.50. The standard InChI is InChI=1S/C15H21N3O2/c1-16-11-9-14-3-2-4-15(10-11)17(14)12-5-7-13(8-6-12)18(19)20/h5-8,11,14-16H,2-4,9-10H2,1H3. The molecule has 2 heterocycles. The van der Waals surface area contributed by atoms with Crippen LogP contribution in [0.15, 0.2) is 24.3 Å². The van der Waals surface area contributed by atoms with Crippen molar-refractivity contribution in [3.05, 3.63) is 34.4 Å². The van der Waals surface area contributed by atoms with Gasteiger partial charge in [0.15, 0.2) is 0 Å². The Balaban J connectivity index is 1.84. The number of benzene rings is 1. The smallest absolute Gasteiger partial charge is 0.269 e. The van der Waals surface area contributed by atoms with E-state index in [1.807, 2.05) is 19.2 Å². The highest BCUT2D eigenvalue weighted by Gasteiger charge is 2.37. The number of nitro groups is 1. The van der Waals surface area contributed by atoms with Gasteiger partial charge in [-0.15, -0.1) is 0 Å². The van der Waals surface area contributed by atoms with E-state index in [1.165, 1.54) is 32.1 Å². The third-order valence-electron chi connectivity index (χ3n) is 4.74. The van der Waals surface area contributed by atoms with Crippen LogP contribution >= 0.6 is 0 Å². The van der Waals surface area contributed by atoms with Crippen molar-refractivity contribution < 1.29 is 4.92 Å². The van der Waals surface area contributed by atoms with Crippen LogP contribution in [0.2, 0.25) is 0 Å². The van der Waals surface area contributed by atoms with E-state index < -0.39 is 0 Å². The van der Waals surface area contributed by atoms with Gasteiger partial charge in [0.2, 0.25) is 0 Å². The Morgan fingerprint density at radius 3 is 2.30 bits per heavy atom. The minimum atomic E-state index is -0.335. The minimum Gasteiger partial charge on any atom is -0.365 e. The summed E-state index contributed by atoms with van der Waals surface area (Å²) in [4.78, 5) is 12.9. The molecule has 1 aromatic carbocycles. The van der Waals surface area contributed by atoms with Crippen LogP contribution in [0.3, 0.4) is 0 Å². The summed E-state index contributed by atoms with van der Waals surface area (Å²) in [6.07, 6.45) is 6.10. The lowest BCUT2D eigenvalue weighted by molar-refractivity contribution is -0.384. The average molecular weight is 275 g/mol. The molecule has 2 saturated heterocycles. The molecular weight excluding hydrogens is 254 g/mol. The Labute approximate surface area is 119 Å². The summed E-state index contributed by atoms with van der Waals surface area (Å²) in [7, 11) is 2.04. The molecule has 0 spiro atoms. The fourth-order valence-electron chi connectivity index (χ4n) is 3.79. The van der Waals surface area contributed by atoms with E-state index >= 15 is 0 Å². The number of fused-ring (bicyclic) bond motifs is 2. The van der Waals surface area contributed by atoms with Crippen molar-refractivity contribution in [2.45, 2.75) is 50.2 Å². The predicted molar refractivity (Wildman–Crippen MR) is 79.1 cm³/mol. The predicted octanol–water partition coefficient (Wildman–Crippen LogP) is 2.70. The van der Waals surface area contributed by atoms with E-state index in [1.54, 1.807) is 12.1 Å². The van der Waals surface area contributed by atoms with Crippen molar-refractivity contribution in [3.8, 4) is 0 Å². The number of rotatable bonds is 3. The summed E-state index contributed by atoms with van der Waals surface area (Å²) >= 11 is 0. The molecule has 2 aliphatic heterocycles. The van der Waals surface area contributed by atoms with Crippen LogP contribution in [0.1, 0.15) is 32.1 Å². The Morgan fingerprint density at radius 2 is 1.80 bits per heavy atom. The molecule has 0 aromatic heterocycles. The van der Waals surface area contributed by atoms with Crippen molar-refractivity contribution >= 4 is 11.4 Å². The third kappa shape index (κ3) is 2.38. The normalized spacial score (nSPS) is 29.2. The minimum absolute atomic E-state index is 0.170. The number of anilines is 1.